The summed E-state index contributed by atoms with van der Waals surface area (Å²) in [5.74, 6) is 0.399. The lowest BCUT2D eigenvalue weighted by atomic mass is 10.2. The molecular weight excluding hydrogens is 316 g/mol. The van der Waals surface area contributed by atoms with Crippen molar-refractivity contribution in [3.05, 3.63) is 30.7 Å². The summed E-state index contributed by atoms with van der Waals surface area (Å²) in [6.07, 6.45) is 11.5. The van der Waals surface area contributed by atoms with E-state index in [1.54, 1.807) is 6.20 Å². The van der Waals surface area contributed by atoms with Crippen LogP contribution in [0.25, 0.3) is 0 Å². The van der Waals surface area contributed by atoms with E-state index in [0.29, 0.717) is 11.6 Å². The SMILES string of the molecule is C=CCC[C@@H](CN1CCCC1)Oc1cncc(C(=O)N2CCCC2)n1. The summed E-state index contributed by atoms with van der Waals surface area (Å²) < 4.78 is 6.10. The summed E-state index contributed by atoms with van der Waals surface area (Å²) in [5.41, 5.74) is 0.378. The highest BCUT2D eigenvalue weighted by Crippen LogP contribution is 2.17. The van der Waals surface area contributed by atoms with E-state index in [4.69, 9.17) is 4.74 Å². The standard InChI is InChI=1S/C19H28N4O2/c1-2-3-8-16(15-22-9-4-5-10-22)25-18-14-20-13-17(21-18)19(24)23-11-6-7-12-23/h2,13-14,16H,1,3-12,15H2/t16-/m0/s1. The first-order chi connectivity index (χ1) is 12.3. The van der Waals surface area contributed by atoms with Gasteiger partial charge in [-0.05, 0) is 51.6 Å². The third-order valence-electron chi connectivity index (χ3n) is 4.87. The molecule has 0 saturated carbocycles. The molecule has 3 rings (SSSR count). The van der Waals surface area contributed by atoms with Gasteiger partial charge in [0.15, 0.2) is 5.69 Å². The number of rotatable bonds is 8. The van der Waals surface area contributed by atoms with E-state index >= 15 is 0 Å². The number of hydrogen-bond donors (Lipinski definition) is 0. The van der Waals surface area contributed by atoms with Crippen molar-refractivity contribution in [2.45, 2.75) is 44.6 Å². The van der Waals surface area contributed by atoms with Crippen LogP contribution in [0.4, 0.5) is 0 Å². The zero-order valence-corrected chi connectivity index (χ0v) is 14.9. The molecular formula is C19H28N4O2. The van der Waals surface area contributed by atoms with E-state index in [0.717, 1.165) is 58.4 Å². The van der Waals surface area contributed by atoms with Gasteiger partial charge in [-0.15, -0.1) is 6.58 Å². The average molecular weight is 344 g/mol. The highest BCUT2D eigenvalue weighted by atomic mass is 16.5. The van der Waals surface area contributed by atoms with Gasteiger partial charge < -0.3 is 9.64 Å². The Morgan fingerprint density at radius 3 is 2.64 bits per heavy atom. The van der Waals surface area contributed by atoms with E-state index in [1.807, 2.05) is 11.0 Å². The summed E-state index contributed by atoms with van der Waals surface area (Å²) in [7, 11) is 0. The molecule has 2 fully saturated rings. The first kappa shape index (κ1) is 17.9. The molecule has 0 unspecified atom stereocenters. The molecule has 6 heteroatoms. The fourth-order valence-electron chi connectivity index (χ4n) is 3.51. The van der Waals surface area contributed by atoms with Crippen LogP contribution < -0.4 is 4.74 Å². The number of ether oxygens (including phenoxy) is 1. The molecule has 25 heavy (non-hydrogen) atoms. The zero-order valence-electron chi connectivity index (χ0n) is 14.9. The first-order valence-corrected chi connectivity index (χ1v) is 9.37. The molecule has 3 heterocycles. The van der Waals surface area contributed by atoms with Crippen LogP contribution in [0.15, 0.2) is 25.0 Å². The minimum atomic E-state index is -0.0439. The van der Waals surface area contributed by atoms with Crippen LogP contribution in [0, 0.1) is 0 Å². The lowest BCUT2D eigenvalue weighted by molar-refractivity contribution is 0.0782. The second-order valence-electron chi connectivity index (χ2n) is 6.86. The predicted octanol–water partition coefficient (Wildman–Crippen LogP) is 2.52. The van der Waals surface area contributed by atoms with Gasteiger partial charge in [-0.3, -0.25) is 14.7 Å². The Kier molecular flexibility index (Phi) is 6.39. The normalized spacial score (nSPS) is 19.1. The maximum atomic E-state index is 12.5. The zero-order chi connectivity index (χ0) is 17.5. The second kappa shape index (κ2) is 8.94. The number of nitrogens with zero attached hydrogens (tertiary/aromatic N) is 4. The topological polar surface area (TPSA) is 58.6 Å². The van der Waals surface area contributed by atoms with Gasteiger partial charge in [-0.25, -0.2) is 4.98 Å². The summed E-state index contributed by atoms with van der Waals surface area (Å²) in [6.45, 7) is 8.57. The van der Waals surface area contributed by atoms with Gasteiger partial charge in [0, 0.05) is 19.6 Å². The van der Waals surface area contributed by atoms with E-state index in [2.05, 4.69) is 21.4 Å². The summed E-state index contributed by atoms with van der Waals surface area (Å²) >= 11 is 0. The number of hydrogen-bond acceptors (Lipinski definition) is 5. The molecule has 1 amide bonds. The molecule has 0 N–H and O–H groups in total. The van der Waals surface area contributed by atoms with Crippen molar-refractivity contribution in [3.63, 3.8) is 0 Å². The number of allylic oxidation sites excluding steroid dienone is 1. The Balaban J connectivity index is 1.64. The van der Waals surface area contributed by atoms with Gasteiger partial charge in [0.2, 0.25) is 5.88 Å². The number of carbonyl (C=O) groups is 1. The lowest BCUT2D eigenvalue weighted by Gasteiger charge is -2.24. The molecule has 1 aromatic heterocycles. The molecule has 0 aromatic carbocycles. The molecule has 2 saturated heterocycles. The summed E-state index contributed by atoms with van der Waals surface area (Å²) in [5, 5.41) is 0. The monoisotopic (exact) mass is 344 g/mol. The Labute approximate surface area is 149 Å². The van der Waals surface area contributed by atoms with Crippen molar-refractivity contribution in [1.82, 2.24) is 19.8 Å². The third kappa shape index (κ3) is 5.01. The maximum absolute atomic E-state index is 12.5. The lowest BCUT2D eigenvalue weighted by Crippen LogP contribution is -2.34. The van der Waals surface area contributed by atoms with Crippen LogP contribution in [-0.4, -0.2) is 64.5 Å². The fourth-order valence-corrected chi connectivity index (χ4v) is 3.51. The van der Waals surface area contributed by atoms with Crippen molar-refractivity contribution >= 4 is 5.91 Å². The predicted molar refractivity (Wildman–Crippen MR) is 96.7 cm³/mol. The van der Waals surface area contributed by atoms with Crippen LogP contribution in [-0.2, 0) is 0 Å². The number of carbonyl (C=O) groups excluding carboxylic acids is 1. The summed E-state index contributed by atoms with van der Waals surface area (Å²) in [4.78, 5) is 25.3. The molecule has 0 radical (unpaired) electrons. The summed E-state index contributed by atoms with van der Waals surface area (Å²) in [6, 6.07) is 0. The average Bonchev–Trinajstić information content (AvgIpc) is 3.33. The Bertz CT molecular complexity index is 581. The van der Waals surface area contributed by atoms with E-state index < -0.39 is 0 Å². The third-order valence-corrected chi connectivity index (χ3v) is 4.87. The molecule has 2 aliphatic rings. The smallest absolute Gasteiger partial charge is 0.274 e. The molecule has 1 aromatic rings. The van der Waals surface area contributed by atoms with Gasteiger partial charge in [-0.1, -0.05) is 6.08 Å². The Morgan fingerprint density at radius 1 is 1.20 bits per heavy atom. The maximum Gasteiger partial charge on any atom is 0.274 e. The van der Waals surface area contributed by atoms with Crippen molar-refractivity contribution in [1.29, 1.82) is 0 Å². The molecule has 1 atom stereocenters. The van der Waals surface area contributed by atoms with E-state index in [1.165, 1.54) is 19.0 Å². The highest BCUT2D eigenvalue weighted by Gasteiger charge is 2.23. The minimum absolute atomic E-state index is 0.0439. The van der Waals surface area contributed by atoms with Gasteiger partial charge >= 0.3 is 0 Å². The minimum Gasteiger partial charge on any atom is -0.472 e. The highest BCUT2D eigenvalue weighted by molar-refractivity contribution is 5.92. The van der Waals surface area contributed by atoms with Gasteiger partial charge in [0.25, 0.3) is 5.91 Å². The van der Waals surface area contributed by atoms with Crippen molar-refractivity contribution in [2.24, 2.45) is 0 Å². The molecule has 0 aliphatic carbocycles. The van der Waals surface area contributed by atoms with E-state index in [9.17, 15) is 4.79 Å². The quantitative estimate of drug-likeness (QED) is 0.678. The molecule has 2 aliphatic heterocycles. The van der Waals surface area contributed by atoms with Crippen molar-refractivity contribution in [3.8, 4) is 5.88 Å². The number of amides is 1. The fraction of sp³-hybridized carbons (Fsp3) is 0.632. The molecule has 0 spiro atoms. The van der Waals surface area contributed by atoms with Crippen LogP contribution in [0.3, 0.4) is 0 Å². The molecule has 0 bridgehead atoms. The first-order valence-electron chi connectivity index (χ1n) is 9.37. The van der Waals surface area contributed by atoms with Crippen molar-refractivity contribution < 1.29 is 9.53 Å². The number of likely N-dealkylation sites (tertiary alicyclic amines) is 2. The van der Waals surface area contributed by atoms with Crippen LogP contribution in [0.1, 0.15) is 49.0 Å². The van der Waals surface area contributed by atoms with E-state index in [-0.39, 0.29) is 12.0 Å². The van der Waals surface area contributed by atoms with Crippen LogP contribution in [0.5, 0.6) is 5.88 Å². The second-order valence-corrected chi connectivity index (χ2v) is 6.86. The molecule has 136 valence electrons. The Morgan fingerprint density at radius 2 is 1.92 bits per heavy atom. The van der Waals surface area contributed by atoms with Gasteiger partial charge in [0.1, 0.15) is 6.10 Å². The molecule has 6 nitrogen and oxygen atoms in total. The Hall–Kier alpha value is -1.95. The van der Waals surface area contributed by atoms with Crippen LogP contribution >= 0.6 is 0 Å². The van der Waals surface area contributed by atoms with Crippen LogP contribution in [0.2, 0.25) is 0 Å². The largest absolute Gasteiger partial charge is 0.472 e. The van der Waals surface area contributed by atoms with Gasteiger partial charge in [-0.2, -0.15) is 0 Å². The van der Waals surface area contributed by atoms with Gasteiger partial charge in [0.05, 0.1) is 12.4 Å². The number of aromatic nitrogens is 2. The van der Waals surface area contributed by atoms with Crippen molar-refractivity contribution in [2.75, 3.05) is 32.7 Å².